The van der Waals surface area contributed by atoms with Gasteiger partial charge in [0, 0.05) is 19.3 Å². The third-order valence-corrected chi connectivity index (χ3v) is 4.09. The number of fused-ring (bicyclic) bond motifs is 1. The Labute approximate surface area is 111 Å². The first-order valence-corrected chi connectivity index (χ1v) is 6.50. The Kier molecular flexibility index (Phi) is 2.60. The maximum absolute atomic E-state index is 12.1. The van der Waals surface area contributed by atoms with Crippen molar-refractivity contribution in [3.05, 3.63) is 24.0 Å². The highest BCUT2D eigenvalue weighted by Crippen LogP contribution is 2.45. The average molecular weight is 258 g/mol. The number of hydrogen-bond acceptors (Lipinski definition) is 3. The van der Waals surface area contributed by atoms with Crippen LogP contribution in [0.25, 0.3) is 11.0 Å². The molecular formula is C14H18N4O. The summed E-state index contributed by atoms with van der Waals surface area (Å²) in [5.41, 5.74) is 8.09. The second-order valence-electron chi connectivity index (χ2n) is 5.36. The van der Waals surface area contributed by atoms with Crippen LogP contribution in [-0.4, -0.2) is 22.0 Å². The Morgan fingerprint density at radius 1 is 1.53 bits per heavy atom. The number of carbonyl (C=O) groups excluding carboxylic acids is 1. The zero-order chi connectivity index (χ0) is 13.6. The van der Waals surface area contributed by atoms with Crippen molar-refractivity contribution in [1.29, 1.82) is 0 Å². The van der Waals surface area contributed by atoms with Crippen LogP contribution in [-0.2, 0) is 11.8 Å². The second kappa shape index (κ2) is 4.06. The first kappa shape index (κ1) is 12.2. The van der Waals surface area contributed by atoms with Crippen molar-refractivity contribution < 1.29 is 4.79 Å². The van der Waals surface area contributed by atoms with Gasteiger partial charge in [-0.1, -0.05) is 0 Å². The third-order valence-electron chi connectivity index (χ3n) is 4.09. The number of benzene rings is 1. The number of imidazole rings is 1. The summed E-state index contributed by atoms with van der Waals surface area (Å²) in [6.07, 6.45) is 1.78. The molecule has 0 spiro atoms. The maximum atomic E-state index is 12.1. The Morgan fingerprint density at radius 2 is 2.26 bits per heavy atom. The number of nitrogens with zero attached hydrogens (tertiary/aromatic N) is 2. The van der Waals surface area contributed by atoms with Crippen LogP contribution in [0.4, 0.5) is 5.69 Å². The fraction of sp³-hybridized carbons (Fsp3) is 0.429. The van der Waals surface area contributed by atoms with Gasteiger partial charge in [0.2, 0.25) is 5.91 Å². The van der Waals surface area contributed by atoms with Crippen molar-refractivity contribution in [2.75, 3.05) is 11.9 Å². The van der Waals surface area contributed by atoms with E-state index in [0.717, 1.165) is 35.4 Å². The van der Waals surface area contributed by atoms with Crippen LogP contribution >= 0.6 is 0 Å². The van der Waals surface area contributed by atoms with Crippen LogP contribution in [0.15, 0.2) is 18.2 Å². The van der Waals surface area contributed by atoms with Crippen LogP contribution < -0.4 is 11.1 Å². The van der Waals surface area contributed by atoms with Gasteiger partial charge in [0.25, 0.3) is 0 Å². The summed E-state index contributed by atoms with van der Waals surface area (Å²) in [5, 5.41) is 2.95. The molecule has 3 N–H and O–H groups in total. The van der Waals surface area contributed by atoms with E-state index in [1.165, 1.54) is 0 Å². The molecule has 0 saturated heterocycles. The Hall–Kier alpha value is -1.88. The molecule has 1 aromatic heterocycles. The minimum Gasteiger partial charge on any atom is -0.331 e. The highest BCUT2D eigenvalue weighted by atomic mass is 16.2. The first-order valence-electron chi connectivity index (χ1n) is 6.50. The molecule has 5 nitrogen and oxygen atoms in total. The van der Waals surface area contributed by atoms with E-state index in [1.54, 1.807) is 0 Å². The predicted molar refractivity (Wildman–Crippen MR) is 74.8 cm³/mol. The molecule has 5 heteroatoms. The normalized spacial score (nSPS) is 16.6. The Morgan fingerprint density at radius 3 is 2.89 bits per heavy atom. The van der Waals surface area contributed by atoms with Gasteiger partial charge in [-0.3, -0.25) is 4.79 Å². The van der Waals surface area contributed by atoms with E-state index in [4.69, 9.17) is 5.73 Å². The summed E-state index contributed by atoms with van der Waals surface area (Å²) in [4.78, 5) is 16.6. The van der Waals surface area contributed by atoms with Gasteiger partial charge in [-0.05, 0) is 38.0 Å². The molecule has 1 aromatic carbocycles. The van der Waals surface area contributed by atoms with Gasteiger partial charge in [0.1, 0.15) is 5.82 Å². The van der Waals surface area contributed by atoms with Crippen molar-refractivity contribution in [3.8, 4) is 0 Å². The third kappa shape index (κ3) is 1.90. The molecule has 1 fully saturated rings. The standard InChI is InChI=1S/C14H18N4O/c1-9-16-11-7-10(3-4-12(11)18(9)2)17-13(19)14(8-15)5-6-14/h3-4,7H,5-6,8,15H2,1-2H3,(H,17,19). The van der Waals surface area contributed by atoms with Crippen molar-refractivity contribution in [2.45, 2.75) is 19.8 Å². The van der Waals surface area contributed by atoms with E-state index >= 15 is 0 Å². The lowest BCUT2D eigenvalue weighted by atomic mass is 10.1. The molecule has 3 rings (SSSR count). The summed E-state index contributed by atoms with van der Waals surface area (Å²) >= 11 is 0. The fourth-order valence-corrected chi connectivity index (χ4v) is 2.34. The van der Waals surface area contributed by atoms with Crippen LogP contribution in [0.1, 0.15) is 18.7 Å². The van der Waals surface area contributed by atoms with Crippen molar-refractivity contribution in [1.82, 2.24) is 9.55 Å². The topological polar surface area (TPSA) is 72.9 Å². The lowest BCUT2D eigenvalue weighted by Gasteiger charge is -2.12. The number of anilines is 1. The molecular weight excluding hydrogens is 240 g/mol. The lowest BCUT2D eigenvalue weighted by Crippen LogP contribution is -2.30. The fourth-order valence-electron chi connectivity index (χ4n) is 2.34. The van der Waals surface area contributed by atoms with Gasteiger partial charge in [-0.15, -0.1) is 0 Å². The molecule has 0 aliphatic heterocycles. The smallest absolute Gasteiger partial charge is 0.231 e. The van der Waals surface area contributed by atoms with E-state index < -0.39 is 0 Å². The van der Waals surface area contributed by atoms with Crippen molar-refractivity contribution in [3.63, 3.8) is 0 Å². The zero-order valence-corrected chi connectivity index (χ0v) is 11.2. The van der Waals surface area contributed by atoms with Gasteiger partial charge in [-0.25, -0.2) is 4.98 Å². The number of rotatable bonds is 3. The molecule has 1 aliphatic rings. The zero-order valence-electron chi connectivity index (χ0n) is 11.2. The summed E-state index contributed by atoms with van der Waals surface area (Å²) in [5.74, 6) is 0.987. The van der Waals surface area contributed by atoms with E-state index in [-0.39, 0.29) is 11.3 Å². The molecule has 0 atom stereocenters. The van der Waals surface area contributed by atoms with E-state index in [9.17, 15) is 4.79 Å². The van der Waals surface area contributed by atoms with Crippen LogP contribution in [0.5, 0.6) is 0 Å². The van der Waals surface area contributed by atoms with Gasteiger partial charge in [0.15, 0.2) is 0 Å². The monoisotopic (exact) mass is 258 g/mol. The molecule has 0 unspecified atom stereocenters. The molecule has 100 valence electrons. The average Bonchev–Trinajstić information content (AvgIpc) is 3.14. The van der Waals surface area contributed by atoms with Crippen molar-refractivity contribution >= 4 is 22.6 Å². The minimum atomic E-state index is -0.324. The number of carbonyl (C=O) groups is 1. The van der Waals surface area contributed by atoms with E-state index in [0.29, 0.717) is 6.54 Å². The second-order valence-corrected chi connectivity index (χ2v) is 5.36. The number of aryl methyl sites for hydroxylation is 2. The largest absolute Gasteiger partial charge is 0.331 e. The first-order chi connectivity index (χ1) is 9.05. The highest BCUT2D eigenvalue weighted by Gasteiger charge is 2.48. The van der Waals surface area contributed by atoms with Gasteiger partial charge in [-0.2, -0.15) is 0 Å². The van der Waals surface area contributed by atoms with Crippen LogP contribution in [0.3, 0.4) is 0 Å². The Balaban J connectivity index is 1.88. The van der Waals surface area contributed by atoms with Crippen LogP contribution in [0, 0.1) is 12.3 Å². The molecule has 0 bridgehead atoms. The summed E-state index contributed by atoms with van der Waals surface area (Å²) in [6.45, 7) is 2.38. The Bertz CT molecular complexity index is 655. The maximum Gasteiger partial charge on any atom is 0.231 e. The summed E-state index contributed by atoms with van der Waals surface area (Å²) < 4.78 is 2.03. The molecule has 0 radical (unpaired) electrons. The van der Waals surface area contributed by atoms with Gasteiger partial charge < -0.3 is 15.6 Å². The van der Waals surface area contributed by atoms with Crippen molar-refractivity contribution in [2.24, 2.45) is 18.2 Å². The number of nitrogens with one attached hydrogen (secondary N) is 1. The summed E-state index contributed by atoms with van der Waals surface area (Å²) in [6, 6.07) is 5.80. The lowest BCUT2D eigenvalue weighted by molar-refractivity contribution is -0.120. The molecule has 1 amide bonds. The highest BCUT2D eigenvalue weighted by molar-refractivity contribution is 5.98. The molecule has 1 saturated carbocycles. The summed E-state index contributed by atoms with van der Waals surface area (Å²) in [7, 11) is 1.98. The number of nitrogens with two attached hydrogens (primary N) is 1. The quantitative estimate of drug-likeness (QED) is 0.877. The van der Waals surface area contributed by atoms with E-state index in [2.05, 4.69) is 10.3 Å². The number of aromatic nitrogens is 2. The van der Waals surface area contributed by atoms with Gasteiger partial charge >= 0.3 is 0 Å². The minimum absolute atomic E-state index is 0.0296. The predicted octanol–water partition coefficient (Wildman–Crippen LogP) is 1.56. The SMILES string of the molecule is Cc1nc2cc(NC(=O)C3(CN)CC3)ccc2n1C. The van der Waals surface area contributed by atoms with Gasteiger partial charge in [0.05, 0.1) is 16.4 Å². The number of hydrogen-bond donors (Lipinski definition) is 2. The van der Waals surface area contributed by atoms with Crippen LogP contribution in [0.2, 0.25) is 0 Å². The molecule has 1 aliphatic carbocycles. The number of amides is 1. The molecule has 2 aromatic rings. The van der Waals surface area contributed by atoms with E-state index in [1.807, 2.05) is 36.7 Å². The molecule has 19 heavy (non-hydrogen) atoms. The molecule has 1 heterocycles.